The number of carbonyl (C=O) groups excluding carboxylic acids is 1. The summed E-state index contributed by atoms with van der Waals surface area (Å²) in [5, 5.41) is 0. The van der Waals surface area contributed by atoms with E-state index < -0.39 is 0 Å². The van der Waals surface area contributed by atoms with E-state index in [0.29, 0.717) is 19.0 Å². The first-order valence-corrected chi connectivity index (χ1v) is 6.74. The summed E-state index contributed by atoms with van der Waals surface area (Å²) in [4.78, 5) is 11.0. The molecular formula is C17H18O4. The zero-order chi connectivity index (χ0) is 14.9. The van der Waals surface area contributed by atoms with Crippen molar-refractivity contribution >= 4 is 5.97 Å². The maximum Gasteiger partial charge on any atom is 0.308 e. The summed E-state index contributed by atoms with van der Waals surface area (Å²) in [7, 11) is 1.36. The van der Waals surface area contributed by atoms with Gasteiger partial charge in [0.25, 0.3) is 0 Å². The number of carbonyl (C=O) groups is 1. The molecule has 0 aliphatic rings. The van der Waals surface area contributed by atoms with Crippen LogP contribution in [0.2, 0.25) is 0 Å². The van der Waals surface area contributed by atoms with Crippen molar-refractivity contribution in [2.24, 2.45) is 0 Å². The number of methoxy groups -OCH3 is 1. The van der Waals surface area contributed by atoms with Gasteiger partial charge in [-0.2, -0.15) is 0 Å². The van der Waals surface area contributed by atoms with Crippen LogP contribution in [0.1, 0.15) is 12.0 Å². The van der Waals surface area contributed by atoms with Crippen LogP contribution < -0.4 is 9.47 Å². The molecule has 4 nitrogen and oxygen atoms in total. The van der Waals surface area contributed by atoms with E-state index in [9.17, 15) is 4.79 Å². The average Bonchev–Trinajstić information content (AvgIpc) is 2.55. The molecule has 0 heterocycles. The lowest BCUT2D eigenvalue weighted by Crippen LogP contribution is -2.07. The van der Waals surface area contributed by atoms with Crippen LogP contribution in [0.3, 0.4) is 0 Å². The fourth-order valence-electron chi connectivity index (χ4n) is 1.73. The Hall–Kier alpha value is -2.49. The fraction of sp³-hybridized carbons (Fsp3) is 0.235. The molecule has 0 N–H and O–H groups in total. The topological polar surface area (TPSA) is 44.8 Å². The van der Waals surface area contributed by atoms with E-state index in [-0.39, 0.29) is 12.4 Å². The van der Waals surface area contributed by atoms with Gasteiger partial charge in [-0.25, -0.2) is 0 Å². The highest BCUT2D eigenvalue weighted by atomic mass is 16.5. The molecule has 2 rings (SSSR count). The van der Waals surface area contributed by atoms with Crippen molar-refractivity contribution in [2.75, 3.05) is 13.7 Å². The number of esters is 1. The number of hydrogen-bond donors (Lipinski definition) is 0. The molecule has 2 aromatic rings. The summed E-state index contributed by atoms with van der Waals surface area (Å²) < 4.78 is 15.7. The van der Waals surface area contributed by atoms with Gasteiger partial charge in [-0.05, 0) is 29.8 Å². The minimum Gasteiger partial charge on any atom is -0.493 e. The van der Waals surface area contributed by atoms with E-state index in [2.05, 4.69) is 4.74 Å². The van der Waals surface area contributed by atoms with Gasteiger partial charge in [0, 0.05) is 0 Å². The third-order valence-electron chi connectivity index (χ3n) is 2.87. The summed E-state index contributed by atoms with van der Waals surface area (Å²) in [6.07, 6.45) is 0.239. The van der Waals surface area contributed by atoms with Crippen molar-refractivity contribution in [1.29, 1.82) is 0 Å². The molecule has 0 aliphatic carbocycles. The fourth-order valence-corrected chi connectivity index (χ4v) is 1.73. The molecule has 0 spiro atoms. The van der Waals surface area contributed by atoms with E-state index in [0.717, 1.165) is 11.3 Å². The molecule has 0 saturated heterocycles. The highest BCUT2D eigenvalue weighted by molar-refractivity contribution is 5.69. The van der Waals surface area contributed by atoms with Crippen LogP contribution in [-0.2, 0) is 16.1 Å². The first-order valence-electron chi connectivity index (χ1n) is 6.74. The van der Waals surface area contributed by atoms with E-state index in [1.165, 1.54) is 7.11 Å². The normalized spacial score (nSPS) is 9.95. The Morgan fingerprint density at radius 1 is 0.905 bits per heavy atom. The molecule has 4 heteroatoms. The summed E-state index contributed by atoms with van der Waals surface area (Å²) in [5.74, 6) is 1.20. The number of benzene rings is 2. The molecule has 0 radical (unpaired) electrons. The Balaban J connectivity index is 1.78. The zero-order valence-corrected chi connectivity index (χ0v) is 12.0. The predicted molar refractivity (Wildman–Crippen MR) is 79.3 cm³/mol. The van der Waals surface area contributed by atoms with Crippen molar-refractivity contribution in [3.05, 3.63) is 60.2 Å². The van der Waals surface area contributed by atoms with E-state index in [1.807, 2.05) is 54.6 Å². The summed E-state index contributed by atoms with van der Waals surface area (Å²) in [5.41, 5.74) is 1.12. The summed E-state index contributed by atoms with van der Waals surface area (Å²) in [6.45, 7) is 0.834. The number of hydrogen-bond acceptors (Lipinski definition) is 4. The molecule has 0 saturated carbocycles. The van der Waals surface area contributed by atoms with Crippen LogP contribution in [0.15, 0.2) is 54.6 Å². The second-order valence-electron chi connectivity index (χ2n) is 4.42. The molecule has 0 aromatic heterocycles. The Kier molecular flexibility index (Phi) is 5.64. The molecule has 0 bridgehead atoms. The van der Waals surface area contributed by atoms with Gasteiger partial charge in [-0.1, -0.05) is 30.3 Å². The van der Waals surface area contributed by atoms with Gasteiger partial charge < -0.3 is 14.2 Å². The third kappa shape index (κ3) is 5.18. The smallest absolute Gasteiger partial charge is 0.308 e. The molecule has 0 fully saturated rings. The largest absolute Gasteiger partial charge is 0.493 e. The monoisotopic (exact) mass is 286 g/mol. The zero-order valence-electron chi connectivity index (χ0n) is 12.0. The maximum atomic E-state index is 11.0. The standard InChI is InChI=1S/C17H18O4/c1-19-17(18)11-12-20-15-7-9-16(10-8-15)21-13-14-5-3-2-4-6-14/h2-10H,11-13H2,1H3. The van der Waals surface area contributed by atoms with Crippen molar-refractivity contribution in [3.63, 3.8) is 0 Å². The molecule has 0 amide bonds. The molecule has 110 valence electrons. The SMILES string of the molecule is COC(=O)CCOc1ccc(OCc2ccccc2)cc1. The lowest BCUT2D eigenvalue weighted by Gasteiger charge is -2.08. The second-order valence-corrected chi connectivity index (χ2v) is 4.42. The van der Waals surface area contributed by atoms with Gasteiger partial charge in [-0.3, -0.25) is 4.79 Å². The van der Waals surface area contributed by atoms with Gasteiger partial charge in [0.05, 0.1) is 20.1 Å². The van der Waals surface area contributed by atoms with Crippen molar-refractivity contribution in [3.8, 4) is 11.5 Å². The summed E-state index contributed by atoms with van der Waals surface area (Å²) >= 11 is 0. The van der Waals surface area contributed by atoms with Gasteiger partial charge in [-0.15, -0.1) is 0 Å². The minimum absolute atomic E-state index is 0.239. The molecular weight excluding hydrogens is 268 g/mol. The first kappa shape index (κ1) is 14.9. The second kappa shape index (κ2) is 7.94. The minimum atomic E-state index is -0.280. The highest BCUT2D eigenvalue weighted by Gasteiger charge is 2.01. The van der Waals surface area contributed by atoms with Crippen molar-refractivity contribution in [2.45, 2.75) is 13.0 Å². The lowest BCUT2D eigenvalue weighted by atomic mass is 10.2. The Bertz CT molecular complexity index is 549. The van der Waals surface area contributed by atoms with Gasteiger partial charge in [0.2, 0.25) is 0 Å². The predicted octanol–water partition coefficient (Wildman–Crippen LogP) is 3.21. The Morgan fingerprint density at radius 3 is 2.14 bits per heavy atom. The van der Waals surface area contributed by atoms with Crippen LogP contribution in [-0.4, -0.2) is 19.7 Å². The lowest BCUT2D eigenvalue weighted by molar-refractivity contribution is -0.141. The van der Waals surface area contributed by atoms with Crippen molar-refractivity contribution in [1.82, 2.24) is 0 Å². The average molecular weight is 286 g/mol. The highest BCUT2D eigenvalue weighted by Crippen LogP contribution is 2.18. The number of rotatable bonds is 7. The van der Waals surface area contributed by atoms with Crippen LogP contribution in [0.4, 0.5) is 0 Å². The maximum absolute atomic E-state index is 11.0. The molecule has 0 unspecified atom stereocenters. The molecule has 2 aromatic carbocycles. The van der Waals surface area contributed by atoms with Gasteiger partial charge in [0.1, 0.15) is 18.1 Å². The van der Waals surface area contributed by atoms with E-state index in [4.69, 9.17) is 9.47 Å². The van der Waals surface area contributed by atoms with Crippen LogP contribution in [0.25, 0.3) is 0 Å². The van der Waals surface area contributed by atoms with Gasteiger partial charge in [0.15, 0.2) is 0 Å². The number of ether oxygens (including phenoxy) is 3. The van der Waals surface area contributed by atoms with Gasteiger partial charge >= 0.3 is 5.97 Å². The van der Waals surface area contributed by atoms with Crippen molar-refractivity contribution < 1.29 is 19.0 Å². The van der Waals surface area contributed by atoms with E-state index in [1.54, 1.807) is 0 Å². The molecule has 0 aliphatic heterocycles. The summed E-state index contributed by atoms with van der Waals surface area (Å²) in [6, 6.07) is 17.3. The van der Waals surface area contributed by atoms with Crippen LogP contribution in [0, 0.1) is 0 Å². The van der Waals surface area contributed by atoms with Crippen LogP contribution in [0.5, 0.6) is 11.5 Å². The van der Waals surface area contributed by atoms with Crippen LogP contribution >= 0.6 is 0 Å². The Labute approximate surface area is 124 Å². The first-order chi connectivity index (χ1) is 10.3. The van der Waals surface area contributed by atoms with E-state index >= 15 is 0 Å². The Morgan fingerprint density at radius 2 is 1.52 bits per heavy atom. The molecule has 0 atom stereocenters. The quantitative estimate of drug-likeness (QED) is 0.733. The molecule has 21 heavy (non-hydrogen) atoms. The third-order valence-corrected chi connectivity index (χ3v) is 2.87.